The molecule has 0 saturated heterocycles. The van der Waals surface area contributed by atoms with Gasteiger partial charge in [0.15, 0.2) is 5.96 Å². The molecule has 0 bridgehead atoms. The van der Waals surface area contributed by atoms with E-state index in [1.165, 1.54) is 11.3 Å². The van der Waals surface area contributed by atoms with Gasteiger partial charge in [-0.05, 0) is 24.1 Å². The first-order valence-electron chi connectivity index (χ1n) is 9.03. The van der Waals surface area contributed by atoms with Crippen molar-refractivity contribution in [2.75, 3.05) is 59.0 Å². The number of aliphatic imine (C=N–C) groups is 1. The molecule has 0 aliphatic heterocycles. The molecule has 142 valence electrons. The Morgan fingerprint density at radius 3 is 2.28 bits per heavy atom. The van der Waals surface area contributed by atoms with Crippen LogP contribution in [0.25, 0.3) is 0 Å². The first-order valence-corrected chi connectivity index (χ1v) is 9.03. The SMILES string of the molecule is CCCCOCCOCCNC(=NC)NCc1ccc(N(C)C)cc1. The van der Waals surface area contributed by atoms with E-state index < -0.39 is 0 Å². The maximum absolute atomic E-state index is 5.53. The van der Waals surface area contributed by atoms with Gasteiger partial charge in [0.05, 0.1) is 19.8 Å². The third-order valence-electron chi connectivity index (χ3n) is 3.69. The van der Waals surface area contributed by atoms with Gasteiger partial charge in [0, 0.05) is 46.5 Å². The largest absolute Gasteiger partial charge is 0.379 e. The molecule has 6 heteroatoms. The lowest BCUT2D eigenvalue weighted by Gasteiger charge is -2.14. The first-order chi connectivity index (χ1) is 12.2. The van der Waals surface area contributed by atoms with Gasteiger partial charge in [0.2, 0.25) is 0 Å². The Labute approximate surface area is 152 Å². The van der Waals surface area contributed by atoms with Crippen molar-refractivity contribution >= 4 is 11.6 Å². The molecular weight excluding hydrogens is 316 g/mol. The molecule has 25 heavy (non-hydrogen) atoms. The third kappa shape index (κ3) is 9.94. The van der Waals surface area contributed by atoms with Gasteiger partial charge < -0.3 is 25.0 Å². The highest BCUT2D eigenvalue weighted by molar-refractivity contribution is 5.79. The van der Waals surface area contributed by atoms with Crippen molar-refractivity contribution < 1.29 is 9.47 Å². The number of nitrogens with zero attached hydrogens (tertiary/aromatic N) is 2. The fourth-order valence-electron chi connectivity index (χ4n) is 2.13. The van der Waals surface area contributed by atoms with Gasteiger partial charge in [0.25, 0.3) is 0 Å². The number of guanidine groups is 1. The predicted octanol–water partition coefficient (Wildman–Crippen LogP) is 2.25. The molecule has 0 saturated carbocycles. The lowest BCUT2D eigenvalue weighted by atomic mass is 10.2. The van der Waals surface area contributed by atoms with Crippen LogP contribution in [0.5, 0.6) is 0 Å². The molecule has 0 aliphatic rings. The highest BCUT2D eigenvalue weighted by atomic mass is 16.5. The average molecular weight is 351 g/mol. The van der Waals surface area contributed by atoms with Crippen LogP contribution in [0, 0.1) is 0 Å². The lowest BCUT2D eigenvalue weighted by Crippen LogP contribution is -2.38. The number of ether oxygens (including phenoxy) is 2. The van der Waals surface area contributed by atoms with Gasteiger partial charge >= 0.3 is 0 Å². The summed E-state index contributed by atoms with van der Waals surface area (Å²) in [4.78, 5) is 6.31. The molecule has 0 amide bonds. The smallest absolute Gasteiger partial charge is 0.191 e. The summed E-state index contributed by atoms with van der Waals surface area (Å²) in [5, 5.41) is 6.55. The molecule has 1 rings (SSSR count). The summed E-state index contributed by atoms with van der Waals surface area (Å²) in [6.45, 7) is 6.37. The summed E-state index contributed by atoms with van der Waals surface area (Å²) in [7, 11) is 5.85. The minimum Gasteiger partial charge on any atom is -0.379 e. The maximum Gasteiger partial charge on any atom is 0.191 e. The fraction of sp³-hybridized carbons (Fsp3) is 0.632. The standard InChI is InChI=1S/C19H34N4O2/c1-5-6-12-24-14-15-25-13-11-21-19(20-2)22-16-17-7-9-18(10-8-17)23(3)4/h7-10H,5-6,11-16H2,1-4H3,(H2,20,21,22). The average Bonchev–Trinajstić information content (AvgIpc) is 2.63. The van der Waals surface area contributed by atoms with Crippen molar-refractivity contribution in [3.63, 3.8) is 0 Å². The Balaban J connectivity index is 2.12. The van der Waals surface area contributed by atoms with Crippen molar-refractivity contribution in [2.45, 2.75) is 26.3 Å². The third-order valence-corrected chi connectivity index (χ3v) is 3.69. The molecule has 0 aliphatic carbocycles. The van der Waals surface area contributed by atoms with Crippen molar-refractivity contribution in [1.82, 2.24) is 10.6 Å². The summed E-state index contributed by atoms with van der Waals surface area (Å²) in [5.41, 5.74) is 2.41. The molecule has 0 aromatic heterocycles. The van der Waals surface area contributed by atoms with Crippen LogP contribution in [0.1, 0.15) is 25.3 Å². The van der Waals surface area contributed by atoms with Crippen molar-refractivity contribution in [2.24, 2.45) is 4.99 Å². The van der Waals surface area contributed by atoms with Gasteiger partial charge in [-0.1, -0.05) is 25.5 Å². The zero-order chi connectivity index (χ0) is 18.3. The van der Waals surface area contributed by atoms with E-state index in [9.17, 15) is 0 Å². The number of unbranched alkanes of at least 4 members (excludes halogenated alkanes) is 1. The topological polar surface area (TPSA) is 58.1 Å². The van der Waals surface area contributed by atoms with Gasteiger partial charge in [-0.25, -0.2) is 0 Å². The monoisotopic (exact) mass is 350 g/mol. The van der Waals surface area contributed by atoms with Gasteiger partial charge in [-0.3, -0.25) is 4.99 Å². The molecular formula is C19H34N4O2. The highest BCUT2D eigenvalue weighted by Gasteiger charge is 2.00. The highest BCUT2D eigenvalue weighted by Crippen LogP contribution is 2.11. The van der Waals surface area contributed by atoms with E-state index in [0.29, 0.717) is 26.4 Å². The molecule has 6 nitrogen and oxygen atoms in total. The van der Waals surface area contributed by atoms with Crippen LogP contribution >= 0.6 is 0 Å². The quantitative estimate of drug-likeness (QED) is 0.344. The normalized spacial score (nSPS) is 11.4. The number of nitrogens with one attached hydrogen (secondary N) is 2. The lowest BCUT2D eigenvalue weighted by molar-refractivity contribution is 0.0487. The summed E-state index contributed by atoms with van der Waals surface area (Å²) in [6.07, 6.45) is 2.28. The Morgan fingerprint density at radius 1 is 1.00 bits per heavy atom. The Hall–Kier alpha value is -1.79. The number of rotatable bonds is 12. The minimum atomic E-state index is 0.634. The second-order valence-corrected chi connectivity index (χ2v) is 5.99. The molecule has 0 unspecified atom stereocenters. The molecule has 0 atom stereocenters. The number of hydrogen-bond acceptors (Lipinski definition) is 4. The van der Waals surface area contributed by atoms with Crippen molar-refractivity contribution in [3.8, 4) is 0 Å². The fourth-order valence-corrected chi connectivity index (χ4v) is 2.13. The van der Waals surface area contributed by atoms with E-state index in [0.717, 1.165) is 32.0 Å². The molecule has 0 radical (unpaired) electrons. The second kappa shape index (κ2) is 13.5. The Morgan fingerprint density at radius 2 is 1.68 bits per heavy atom. The Kier molecular flexibility index (Phi) is 11.5. The van der Waals surface area contributed by atoms with E-state index in [1.807, 2.05) is 14.1 Å². The minimum absolute atomic E-state index is 0.634. The summed E-state index contributed by atoms with van der Waals surface area (Å²) in [6, 6.07) is 8.47. The number of benzene rings is 1. The second-order valence-electron chi connectivity index (χ2n) is 5.99. The molecule has 0 heterocycles. The van der Waals surface area contributed by atoms with Crippen LogP contribution < -0.4 is 15.5 Å². The zero-order valence-electron chi connectivity index (χ0n) is 16.2. The Bertz CT molecular complexity index is 475. The van der Waals surface area contributed by atoms with E-state index in [1.54, 1.807) is 7.05 Å². The van der Waals surface area contributed by atoms with Gasteiger partial charge in [-0.15, -0.1) is 0 Å². The van der Waals surface area contributed by atoms with Crippen molar-refractivity contribution in [1.29, 1.82) is 0 Å². The molecule has 0 fully saturated rings. The van der Waals surface area contributed by atoms with Crippen LogP contribution in [0.15, 0.2) is 29.3 Å². The molecule has 0 spiro atoms. The van der Waals surface area contributed by atoms with Gasteiger partial charge in [-0.2, -0.15) is 0 Å². The summed E-state index contributed by atoms with van der Waals surface area (Å²) < 4.78 is 11.0. The summed E-state index contributed by atoms with van der Waals surface area (Å²) in [5.74, 6) is 0.777. The van der Waals surface area contributed by atoms with Crippen LogP contribution in [-0.2, 0) is 16.0 Å². The maximum atomic E-state index is 5.53. The zero-order valence-corrected chi connectivity index (χ0v) is 16.2. The number of hydrogen-bond donors (Lipinski definition) is 2. The van der Waals surface area contributed by atoms with E-state index in [4.69, 9.17) is 9.47 Å². The van der Waals surface area contributed by atoms with E-state index in [2.05, 4.69) is 51.7 Å². The summed E-state index contributed by atoms with van der Waals surface area (Å²) >= 11 is 0. The number of anilines is 1. The molecule has 2 N–H and O–H groups in total. The van der Waals surface area contributed by atoms with Gasteiger partial charge in [0.1, 0.15) is 0 Å². The van der Waals surface area contributed by atoms with Crippen LogP contribution in [0.3, 0.4) is 0 Å². The van der Waals surface area contributed by atoms with Crippen LogP contribution in [0.4, 0.5) is 5.69 Å². The van der Waals surface area contributed by atoms with Crippen LogP contribution in [0.2, 0.25) is 0 Å². The molecule has 1 aromatic carbocycles. The van der Waals surface area contributed by atoms with Crippen LogP contribution in [-0.4, -0.2) is 60.1 Å². The molecule has 1 aromatic rings. The van der Waals surface area contributed by atoms with E-state index in [-0.39, 0.29) is 0 Å². The van der Waals surface area contributed by atoms with Crippen molar-refractivity contribution in [3.05, 3.63) is 29.8 Å². The van der Waals surface area contributed by atoms with E-state index >= 15 is 0 Å². The first kappa shape index (κ1) is 21.3. The predicted molar refractivity (Wildman–Crippen MR) is 106 cm³/mol.